The second-order valence-electron chi connectivity index (χ2n) is 10.5. The van der Waals surface area contributed by atoms with Crippen LogP contribution in [0.3, 0.4) is 0 Å². The van der Waals surface area contributed by atoms with Crippen molar-refractivity contribution in [2.45, 2.75) is 79.1 Å². The lowest BCUT2D eigenvalue weighted by atomic mass is 9.77. The molecule has 2 aromatic carbocycles. The molecule has 0 radical (unpaired) electrons. The third kappa shape index (κ3) is 9.82. The molecule has 4 heteroatoms. The van der Waals surface area contributed by atoms with E-state index >= 15 is 0 Å². The monoisotopic (exact) mass is 548 g/mol. The van der Waals surface area contributed by atoms with Crippen molar-refractivity contribution in [3.05, 3.63) is 84.0 Å². The molecule has 0 aromatic heterocycles. The fraction of sp³-hybridized carbons (Fsp3) is 0.556. The Morgan fingerprint density at radius 1 is 0.625 bits per heavy atom. The zero-order chi connectivity index (χ0) is 29.3. The van der Waals surface area contributed by atoms with Crippen molar-refractivity contribution in [2.24, 2.45) is 0 Å². The Hall–Kier alpha value is -2.56. The summed E-state index contributed by atoms with van der Waals surface area (Å²) in [7, 11) is 0. The first-order valence-corrected chi connectivity index (χ1v) is 15.7. The van der Waals surface area contributed by atoms with Gasteiger partial charge in [0.2, 0.25) is 0 Å². The Morgan fingerprint density at radius 3 is 1.30 bits per heavy atom. The summed E-state index contributed by atoms with van der Waals surface area (Å²) in [6.07, 6.45) is 7.74. The van der Waals surface area contributed by atoms with Gasteiger partial charge in [-0.25, -0.2) is 0 Å². The van der Waals surface area contributed by atoms with E-state index in [1.54, 1.807) is 0 Å². The van der Waals surface area contributed by atoms with E-state index in [2.05, 4.69) is 101 Å². The zero-order valence-corrected chi connectivity index (χ0v) is 26.4. The SMILES string of the molecule is C=CCc1cc([C@@H](CC)[C@H](CC)c2ccc(OCCN(CC)CC)c(CC=C)c2)ccc1OCCN(CC)CC. The molecule has 0 heterocycles. The first kappa shape index (κ1) is 33.6. The van der Waals surface area contributed by atoms with Gasteiger partial charge >= 0.3 is 0 Å². The predicted octanol–water partition coefficient (Wildman–Crippen LogP) is 8.27. The van der Waals surface area contributed by atoms with E-state index in [4.69, 9.17) is 9.47 Å². The highest BCUT2D eigenvalue weighted by Gasteiger charge is 2.24. The quantitative estimate of drug-likeness (QED) is 0.147. The van der Waals surface area contributed by atoms with Crippen LogP contribution in [0.5, 0.6) is 11.5 Å². The van der Waals surface area contributed by atoms with Crippen LogP contribution >= 0.6 is 0 Å². The number of likely N-dealkylation sites (N-methyl/N-ethyl adjacent to an activating group) is 2. The lowest BCUT2D eigenvalue weighted by Crippen LogP contribution is -2.28. The molecule has 40 heavy (non-hydrogen) atoms. The summed E-state index contributed by atoms with van der Waals surface area (Å²) in [4.78, 5) is 4.78. The molecule has 0 aliphatic carbocycles. The molecular formula is C36H56N2O2. The number of rotatable bonds is 21. The van der Waals surface area contributed by atoms with Gasteiger partial charge in [-0.05, 0) is 98.1 Å². The van der Waals surface area contributed by atoms with Crippen molar-refractivity contribution < 1.29 is 9.47 Å². The fourth-order valence-corrected chi connectivity index (χ4v) is 5.73. The summed E-state index contributed by atoms with van der Waals surface area (Å²) in [5.74, 6) is 2.81. The Bertz CT molecular complexity index is 928. The van der Waals surface area contributed by atoms with E-state index in [9.17, 15) is 0 Å². The number of ether oxygens (including phenoxy) is 2. The number of nitrogens with zero attached hydrogens (tertiary/aromatic N) is 2. The standard InChI is InChI=1S/C36H56N2O2/c1-9-17-31-27-29(19-21-35(31)39-25-23-37(13-5)14-6)33(11-3)34(12-4)30-20-22-36(32(28-30)18-10-2)40-26-24-38(15-7)16-8/h9-10,19-22,27-28,33-34H,1-2,11-18,23-26H2,3-8H3/t33-,34-/m1/s1. The van der Waals surface area contributed by atoms with Crippen LogP contribution in [0, 0.1) is 0 Å². The zero-order valence-electron chi connectivity index (χ0n) is 26.4. The fourth-order valence-electron chi connectivity index (χ4n) is 5.73. The predicted molar refractivity (Wildman–Crippen MR) is 173 cm³/mol. The number of benzene rings is 2. The maximum Gasteiger partial charge on any atom is 0.122 e. The van der Waals surface area contributed by atoms with Crippen molar-refractivity contribution in [2.75, 3.05) is 52.5 Å². The summed E-state index contributed by atoms with van der Waals surface area (Å²) >= 11 is 0. The minimum Gasteiger partial charge on any atom is -0.492 e. The van der Waals surface area contributed by atoms with Crippen LogP contribution in [0.1, 0.15) is 88.5 Å². The normalized spacial score (nSPS) is 12.9. The van der Waals surface area contributed by atoms with E-state index < -0.39 is 0 Å². The molecule has 4 nitrogen and oxygen atoms in total. The Labute approximate surface area is 246 Å². The Kier molecular flexibility index (Phi) is 15.7. The molecule has 2 aromatic rings. The molecule has 0 unspecified atom stereocenters. The van der Waals surface area contributed by atoms with Crippen LogP contribution in [0.2, 0.25) is 0 Å². The number of allylic oxidation sites excluding steroid dienone is 2. The van der Waals surface area contributed by atoms with Crippen LogP contribution in [0.25, 0.3) is 0 Å². The van der Waals surface area contributed by atoms with Gasteiger partial charge in [-0.1, -0.05) is 78.0 Å². The minimum absolute atomic E-state index is 0.421. The van der Waals surface area contributed by atoms with E-state index in [-0.39, 0.29) is 0 Å². The molecule has 0 bridgehead atoms. The van der Waals surface area contributed by atoms with Crippen LogP contribution in [-0.4, -0.2) is 62.3 Å². The average Bonchev–Trinajstić information content (AvgIpc) is 2.98. The number of hydrogen-bond donors (Lipinski definition) is 0. The van der Waals surface area contributed by atoms with Gasteiger partial charge in [0.25, 0.3) is 0 Å². The molecule has 0 aliphatic heterocycles. The Morgan fingerprint density at radius 2 is 1.00 bits per heavy atom. The molecule has 0 saturated carbocycles. The highest BCUT2D eigenvalue weighted by molar-refractivity contribution is 5.43. The highest BCUT2D eigenvalue weighted by atomic mass is 16.5. The topological polar surface area (TPSA) is 24.9 Å². The molecule has 0 N–H and O–H groups in total. The molecule has 0 saturated heterocycles. The first-order valence-electron chi connectivity index (χ1n) is 15.7. The molecular weight excluding hydrogens is 492 g/mol. The summed E-state index contributed by atoms with van der Waals surface area (Å²) in [6.45, 7) is 28.9. The van der Waals surface area contributed by atoms with Gasteiger partial charge in [-0.15, -0.1) is 13.2 Å². The summed E-state index contributed by atoms with van der Waals surface area (Å²) < 4.78 is 12.5. The van der Waals surface area contributed by atoms with Crippen molar-refractivity contribution >= 4 is 0 Å². The molecule has 0 spiro atoms. The van der Waals surface area contributed by atoms with Crippen molar-refractivity contribution in [3.63, 3.8) is 0 Å². The van der Waals surface area contributed by atoms with Gasteiger partial charge in [-0.2, -0.15) is 0 Å². The molecule has 0 aliphatic rings. The third-order valence-electron chi connectivity index (χ3n) is 8.24. The van der Waals surface area contributed by atoms with E-state index in [1.165, 1.54) is 22.3 Å². The lowest BCUT2D eigenvalue weighted by molar-refractivity contribution is 0.221. The highest BCUT2D eigenvalue weighted by Crippen LogP contribution is 2.40. The van der Waals surface area contributed by atoms with Gasteiger partial charge < -0.3 is 19.3 Å². The van der Waals surface area contributed by atoms with Gasteiger partial charge in [-0.3, -0.25) is 0 Å². The first-order chi connectivity index (χ1) is 19.5. The molecule has 2 atom stereocenters. The van der Waals surface area contributed by atoms with Gasteiger partial charge in [0.1, 0.15) is 24.7 Å². The van der Waals surface area contributed by atoms with Crippen LogP contribution in [-0.2, 0) is 12.8 Å². The van der Waals surface area contributed by atoms with Gasteiger partial charge in [0.15, 0.2) is 0 Å². The minimum atomic E-state index is 0.421. The Balaban J connectivity index is 2.29. The third-order valence-corrected chi connectivity index (χ3v) is 8.24. The average molecular weight is 549 g/mol. The van der Waals surface area contributed by atoms with Gasteiger partial charge in [0.05, 0.1) is 0 Å². The van der Waals surface area contributed by atoms with Crippen LogP contribution < -0.4 is 9.47 Å². The lowest BCUT2D eigenvalue weighted by Gasteiger charge is -2.28. The number of hydrogen-bond acceptors (Lipinski definition) is 4. The molecule has 222 valence electrons. The molecule has 0 amide bonds. The second-order valence-corrected chi connectivity index (χ2v) is 10.5. The van der Waals surface area contributed by atoms with Crippen LogP contribution in [0.15, 0.2) is 61.7 Å². The maximum atomic E-state index is 6.26. The van der Waals surface area contributed by atoms with E-state index in [0.29, 0.717) is 25.0 Å². The second kappa shape index (κ2) is 18.7. The maximum absolute atomic E-state index is 6.26. The molecule has 0 fully saturated rings. The van der Waals surface area contributed by atoms with E-state index in [0.717, 1.165) is 76.5 Å². The van der Waals surface area contributed by atoms with Crippen LogP contribution in [0.4, 0.5) is 0 Å². The van der Waals surface area contributed by atoms with E-state index in [1.807, 2.05) is 12.2 Å². The summed E-state index contributed by atoms with van der Waals surface area (Å²) in [5, 5.41) is 0. The summed E-state index contributed by atoms with van der Waals surface area (Å²) in [6, 6.07) is 13.7. The van der Waals surface area contributed by atoms with Crippen molar-refractivity contribution in [1.82, 2.24) is 9.80 Å². The van der Waals surface area contributed by atoms with Crippen molar-refractivity contribution in [3.8, 4) is 11.5 Å². The van der Waals surface area contributed by atoms with Crippen molar-refractivity contribution in [1.29, 1.82) is 0 Å². The van der Waals surface area contributed by atoms with Gasteiger partial charge in [0, 0.05) is 13.1 Å². The smallest absolute Gasteiger partial charge is 0.122 e. The summed E-state index contributed by atoms with van der Waals surface area (Å²) in [5.41, 5.74) is 5.22. The largest absolute Gasteiger partial charge is 0.492 e. The molecule has 2 rings (SSSR count).